The molecule has 0 aliphatic carbocycles. The van der Waals surface area contributed by atoms with Crippen molar-refractivity contribution in [1.29, 1.82) is 0 Å². The second-order valence-electron chi connectivity index (χ2n) is 11.1. The number of nitrogens with one attached hydrogen (secondary N) is 1. The Bertz CT molecular complexity index is 2140. The van der Waals surface area contributed by atoms with Crippen LogP contribution in [0.1, 0.15) is 0 Å². The number of rotatable bonds is 6. The molecule has 0 saturated heterocycles. The zero-order chi connectivity index (χ0) is 29.3. The molecule has 0 fully saturated rings. The molecule has 0 radical (unpaired) electrons. The van der Waals surface area contributed by atoms with E-state index < -0.39 is 0 Å². The largest absolute Gasteiger partial charge is 0.356 e. The average molecular weight is 563 g/mol. The highest BCUT2D eigenvalue weighted by Gasteiger charge is 2.11. The summed E-state index contributed by atoms with van der Waals surface area (Å²) in [6.45, 7) is 0. The molecule has 1 aromatic heterocycles. The summed E-state index contributed by atoms with van der Waals surface area (Å²) in [5.74, 6) is 0. The summed E-state index contributed by atoms with van der Waals surface area (Å²) in [7, 11) is 0. The van der Waals surface area contributed by atoms with Crippen molar-refractivity contribution in [3.8, 4) is 39.1 Å². The standard InChI is InChI=1S/C42H30N2/c1-2-8-30(9-3-1)31-14-16-32(17-15-31)33-18-24-36(25-19-33)43-37-26-20-34(21-27-37)35-22-28-38(29-23-35)44-41-12-6-4-10-39(41)40-11-5-7-13-42(40)44/h1-29,43H. The molecule has 1 N–H and O–H groups in total. The van der Waals surface area contributed by atoms with Crippen LogP contribution in [0.4, 0.5) is 11.4 Å². The smallest absolute Gasteiger partial charge is 0.0541 e. The molecule has 0 aliphatic rings. The van der Waals surface area contributed by atoms with Gasteiger partial charge in [0.2, 0.25) is 0 Å². The molecule has 0 atom stereocenters. The lowest BCUT2D eigenvalue weighted by Gasteiger charge is -2.11. The number of hydrogen-bond donors (Lipinski definition) is 1. The first-order valence-electron chi connectivity index (χ1n) is 15.0. The SMILES string of the molecule is c1ccc(-c2ccc(-c3ccc(Nc4ccc(-c5ccc(-n6c7ccccc7c7ccccc76)cc5)cc4)cc3)cc2)cc1. The molecule has 8 rings (SSSR count). The lowest BCUT2D eigenvalue weighted by Crippen LogP contribution is -1.93. The summed E-state index contributed by atoms with van der Waals surface area (Å²) in [6.07, 6.45) is 0. The maximum atomic E-state index is 3.55. The van der Waals surface area contributed by atoms with Gasteiger partial charge in [-0.1, -0.05) is 127 Å². The van der Waals surface area contributed by atoms with Crippen LogP contribution in [0.15, 0.2) is 176 Å². The van der Waals surface area contributed by atoms with E-state index in [0.717, 1.165) is 11.4 Å². The predicted octanol–water partition coefficient (Wildman–Crippen LogP) is 11.5. The minimum atomic E-state index is 1.07. The normalized spacial score (nSPS) is 11.2. The molecule has 0 spiro atoms. The van der Waals surface area contributed by atoms with E-state index in [1.807, 2.05) is 6.07 Å². The van der Waals surface area contributed by atoms with Gasteiger partial charge in [-0.15, -0.1) is 0 Å². The number of aromatic nitrogens is 1. The van der Waals surface area contributed by atoms with Gasteiger partial charge < -0.3 is 9.88 Å². The second-order valence-corrected chi connectivity index (χ2v) is 11.1. The maximum Gasteiger partial charge on any atom is 0.0541 e. The summed E-state index contributed by atoms with van der Waals surface area (Å²) in [6, 6.07) is 62.7. The lowest BCUT2D eigenvalue weighted by molar-refractivity contribution is 1.18. The molecular formula is C42H30N2. The third kappa shape index (κ3) is 4.83. The van der Waals surface area contributed by atoms with Crippen LogP contribution in [0, 0.1) is 0 Å². The quantitative estimate of drug-likeness (QED) is 0.213. The van der Waals surface area contributed by atoms with Crippen LogP contribution in [0.2, 0.25) is 0 Å². The predicted molar refractivity (Wildman–Crippen MR) is 187 cm³/mol. The maximum absolute atomic E-state index is 3.55. The van der Waals surface area contributed by atoms with E-state index in [1.165, 1.54) is 60.9 Å². The minimum absolute atomic E-state index is 1.07. The number of nitrogens with zero attached hydrogens (tertiary/aromatic N) is 1. The highest BCUT2D eigenvalue weighted by Crippen LogP contribution is 2.33. The van der Waals surface area contributed by atoms with E-state index >= 15 is 0 Å². The van der Waals surface area contributed by atoms with E-state index in [1.54, 1.807) is 0 Å². The van der Waals surface area contributed by atoms with Gasteiger partial charge in [-0.2, -0.15) is 0 Å². The van der Waals surface area contributed by atoms with Gasteiger partial charge in [0.05, 0.1) is 11.0 Å². The van der Waals surface area contributed by atoms with Crippen LogP contribution in [-0.4, -0.2) is 4.57 Å². The van der Waals surface area contributed by atoms with E-state index in [-0.39, 0.29) is 0 Å². The fourth-order valence-electron chi connectivity index (χ4n) is 6.15. The Hall–Kier alpha value is -5.86. The van der Waals surface area contributed by atoms with Crippen molar-refractivity contribution in [2.24, 2.45) is 0 Å². The van der Waals surface area contributed by atoms with Gasteiger partial charge in [0.25, 0.3) is 0 Å². The van der Waals surface area contributed by atoms with Crippen LogP contribution < -0.4 is 5.32 Å². The summed E-state index contributed by atoms with van der Waals surface area (Å²) >= 11 is 0. The van der Waals surface area contributed by atoms with Crippen molar-refractivity contribution in [1.82, 2.24) is 4.57 Å². The zero-order valence-electron chi connectivity index (χ0n) is 24.2. The van der Waals surface area contributed by atoms with Gasteiger partial charge in [-0.05, 0) is 81.9 Å². The van der Waals surface area contributed by atoms with E-state index in [4.69, 9.17) is 0 Å². The number of anilines is 2. The van der Waals surface area contributed by atoms with Crippen molar-refractivity contribution in [3.63, 3.8) is 0 Å². The molecule has 2 nitrogen and oxygen atoms in total. The Balaban J connectivity index is 0.974. The van der Waals surface area contributed by atoms with Gasteiger partial charge in [-0.25, -0.2) is 0 Å². The highest BCUT2D eigenvalue weighted by molar-refractivity contribution is 6.09. The van der Waals surface area contributed by atoms with Crippen LogP contribution in [0.5, 0.6) is 0 Å². The van der Waals surface area contributed by atoms with E-state index in [0.29, 0.717) is 0 Å². The van der Waals surface area contributed by atoms with E-state index in [9.17, 15) is 0 Å². The second kappa shape index (κ2) is 11.1. The fraction of sp³-hybridized carbons (Fsp3) is 0. The zero-order valence-corrected chi connectivity index (χ0v) is 24.2. The van der Waals surface area contributed by atoms with Gasteiger partial charge >= 0.3 is 0 Å². The molecular weight excluding hydrogens is 532 g/mol. The third-order valence-electron chi connectivity index (χ3n) is 8.42. The topological polar surface area (TPSA) is 17.0 Å². The molecule has 44 heavy (non-hydrogen) atoms. The monoisotopic (exact) mass is 562 g/mol. The molecule has 208 valence electrons. The van der Waals surface area contributed by atoms with E-state index in [2.05, 4.69) is 180 Å². The van der Waals surface area contributed by atoms with Crippen LogP contribution in [0.3, 0.4) is 0 Å². The Labute approximate surface area is 257 Å². The molecule has 0 unspecified atom stereocenters. The molecule has 0 amide bonds. The number of benzene rings is 7. The Morgan fingerprint density at radius 1 is 0.295 bits per heavy atom. The Morgan fingerprint density at radius 2 is 0.636 bits per heavy atom. The summed E-state index contributed by atoms with van der Waals surface area (Å²) in [5.41, 5.74) is 13.0. The number of hydrogen-bond acceptors (Lipinski definition) is 1. The van der Waals surface area contributed by atoms with Crippen molar-refractivity contribution in [3.05, 3.63) is 176 Å². The molecule has 2 heteroatoms. The van der Waals surface area contributed by atoms with Gasteiger partial charge in [0, 0.05) is 27.8 Å². The third-order valence-corrected chi connectivity index (χ3v) is 8.42. The molecule has 0 saturated carbocycles. The first-order chi connectivity index (χ1) is 21.8. The van der Waals surface area contributed by atoms with Crippen molar-refractivity contribution < 1.29 is 0 Å². The molecule has 7 aromatic carbocycles. The van der Waals surface area contributed by atoms with Crippen molar-refractivity contribution in [2.45, 2.75) is 0 Å². The molecule has 1 heterocycles. The van der Waals surface area contributed by atoms with Gasteiger partial charge in [0.15, 0.2) is 0 Å². The first kappa shape index (κ1) is 25.8. The minimum Gasteiger partial charge on any atom is -0.356 e. The summed E-state index contributed by atoms with van der Waals surface area (Å²) in [5, 5.41) is 6.11. The van der Waals surface area contributed by atoms with Crippen molar-refractivity contribution in [2.75, 3.05) is 5.32 Å². The molecule has 0 bridgehead atoms. The van der Waals surface area contributed by atoms with Gasteiger partial charge in [-0.3, -0.25) is 0 Å². The molecule has 8 aromatic rings. The summed E-state index contributed by atoms with van der Waals surface area (Å²) in [4.78, 5) is 0. The highest BCUT2D eigenvalue weighted by atomic mass is 15.0. The van der Waals surface area contributed by atoms with Crippen LogP contribution in [-0.2, 0) is 0 Å². The fourth-order valence-corrected chi connectivity index (χ4v) is 6.15. The van der Waals surface area contributed by atoms with Gasteiger partial charge in [0.1, 0.15) is 0 Å². The van der Waals surface area contributed by atoms with Crippen molar-refractivity contribution >= 4 is 33.2 Å². The van der Waals surface area contributed by atoms with Crippen LogP contribution >= 0.6 is 0 Å². The number of para-hydroxylation sites is 2. The average Bonchev–Trinajstić information content (AvgIpc) is 3.44. The number of fused-ring (bicyclic) bond motifs is 3. The lowest BCUT2D eigenvalue weighted by atomic mass is 10.0. The Kier molecular flexibility index (Phi) is 6.51. The first-order valence-corrected chi connectivity index (χ1v) is 15.0. The summed E-state index contributed by atoms with van der Waals surface area (Å²) < 4.78 is 2.35. The Morgan fingerprint density at radius 3 is 1.09 bits per heavy atom. The van der Waals surface area contributed by atoms with Crippen LogP contribution in [0.25, 0.3) is 60.9 Å². The molecule has 0 aliphatic heterocycles.